The van der Waals surface area contributed by atoms with E-state index >= 15 is 0 Å². The van der Waals surface area contributed by atoms with Gasteiger partial charge in [0.15, 0.2) is 0 Å². The third-order valence-electron chi connectivity index (χ3n) is 3.96. The van der Waals surface area contributed by atoms with Crippen LogP contribution < -0.4 is 5.32 Å². The molecule has 21 heavy (non-hydrogen) atoms. The lowest BCUT2D eigenvalue weighted by Gasteiger charge is -2.26. The molecule has 1 unspecified atom stereocenters. The highest BCUT2D eigenvalue weighted by atomic mass is 14.9. The Labute approximate surface area is 130 Å². The van der Waals surface area contributed by atoms with Crippen LogP contribution in [0, 0.1) is 13.8 Å². The molecule has 1 heteroatoms. The number of rotatable bonds is 7. The second-order valence-electron chi connectivity index (χ2n) is 5.45. The number of nitrogens with one attached hydrogen (secondary N) is 1. The number of allylic oxidation sites excluding steroid dienone is 4. The van der Waals surface area contributed by atoms with Gasteiger partial charge >= 0.3 is 0 Å². The summed E-state index contributed by atoms with van der Waals surface area (Å²) < 4.78 is 0. The summed E-state index contributed by atoms with van der Waals surface area (Å²) in [5.74, 6) is 0. The lowest BCUT2D eigenvalue weighted by Crippen LogP contribution is -2.25. The van der Waals surface area contributed by atoms with Gasteiger partial charge in [-0.15, -0.1) is 0 Å². The molecule has 0 heterocycles. The summed E-state index contributed by atoms with van der Waals surface area (Å²) in [6.45, 7) is 15.7. The van der Waals surface area contributed by atoms with E-state index in [-0.39, 0.29) is 6.04 Å². The SMILES string of the molecule is C=C/C=C\C(C)=C(/CC)C(NCC)c1c(C)cccc1C. The largest absolute Gasteiger partial charge is 0.307 e. The van der Waals surface area contributed by atoms with Crippen molar-refractivity contribution in [2.75, 3.05) is 6.54 Å². The molecule has 0 radical (unpaired) electrons. The Balaban J connectivity index is 3.39. The number of benzene rings is 1. The fourth-order valence-corrected chi connectivity index (χ4v) is 2.92. The van der Waals surface area contributed by atoms with Gasteiger partial charge in [0.05, 0.1) is 6.04 Å². The molecule has 0 bridgehead atoms. The summed E-state index contributed by atoms with van der Waals surface area (Å²) in [4.78, 5) is 0. The van der Waals surface area contributed by atoms with Crippen LogP contribution in [0.5, 0.6) is 0 Å². The predicted molar refractivity (Wildman–Crippen MR) is 94.7 cm³/mol. The van der Waals surface area contributed by atoms with Crippen LogP contribution in [0.25, 0.3) is 0 Å². The minimum Gasteiger partial charge on any atom is -0.307 e. The Morgan fingerprint density at radius 1 is 1.24 bits per heavy atom. The maximum Gasteiger partial charge on any atom is 0.0546 e. The smallest absolute Gasteiger partial charge is 0.0546 e. The first-order chi connectivity index (χ1) is 10.1. The average Bonchev–Trinajstić information content (AvgIpc) is 2.45. The third kappa shape index (κ3) is 4.44. The first-order valence-electron chi connectivity index (χ1n) is 7.84. The summed E-state index contributed by atoms with van der Waals surface area (Å²) in [6, 6.07) is 6.83. The van der Waals surface area contributed by atoms with E-state index in [9.17, 15) is 0 Å². The highest BCUT2D eigenvalue weighted by molar-refractivity contribution is 5.43. The molecule has 0 amide bonds. The van der Waals surface area contributed by atoms with E-state index in [1.54, 1.807) is 0 Å². The van der Waals surface area contributed by atoms with E-state index in [4.69, 9.17) is 0 Å². The van der Waals surface area contributed by atoms with Crippen LogP contribution in [-0.4, -0.2) is 6.54 Å². The van der Waals surface area contributed by atoms with Gasteiger partial charge in [-0.1, -0.05) is 62.4 Å². The minimum atomic E-state index is 0.288. The van der Waals surface area contributed by atoms with Gasteiger partial charge in [-0.3, -0.25) is 0 Å². The van der Waals surface area contributed by atoms with Gasteiger partial charge in [-0.25, -0.2) is 0 Å². The lowest BCUT2D eigenvalue weighted by molar-refractivity contribution is 0.596. The van der Waals surface area contributed by atoms with Gasteiger partial charge < -0.3 is 5.32 Å². The van der Waals surface area contributed by atoms with Gasteiger partial charge in [0, 0.05) is 0 Å². The molecule has 1 atom stereocenters. The molecule has 1 aromatic carbocycles. The molecule has 0 aliphatic heterocycles. The number of hydrogen-bond acceptors (Lipinski definition) is 1. The Morgan fingerprint density at radius 3 is 2.33 bits per heavy atom. The van der Waals surface area contributed by atoms with Crippen molar-refractivity contribution in [2.45, 2.75) is 47.1 Å². The summed E-state index contributed by atoms with van der Waals surface area (Å²) in [5, 5.41) is 3.67. The number of aryl methyl sites for hydroxylation is 2. The predicted octanol–water partition coefficient (Wildman–Crippen LogP) is 5.42. The van der Waals surface area contributed by atoms with Crippen LogP contribution in [0.4, 0.5) is 0 Å². The van der Waals surface area contributed by atoms with Crippen LogP contribution in [0.15, 0.2) is 54.2 Å². The fraction of sp³-hybridized carbons (Fsp3) is 0.400. The van der Waals surface area contributed by atoms with Crippen LogP contribution in [0.2, 0.25) is 0 Å². The van der Waals surface area contributed by atoms with E-state index < -0.39 is 0 Å². The molecule has 0 saturated heterocycles. The summed E-state index contributed by atoms with van der Waals surface area (Å²) >= 11 is 0. The Morgan fingerprint density at radius 2 is 1.86 bits per heavy atom. The van der Waals surface area contributed by atoms with Gasteiger partial charge in [0.25, 0.3) is 0 Å². The monoisotopic (exact) mass is 283 g/mol. The molecular formula is C20H29N. The molecule has 1 rings (SSSR count). The van der Waals surface area contributed by atoms with Gasteiger partial charge in [-0.2, -0.15) is 0 Å². The first kappa shape index (κ1) is 17.5. The topological polar surface area (TPSA) is 12.0 Å². The van der Waals surface area contributed by atoms with E-state index in [1.807, 2.05) is 12.2 Å². The van der Waals surface area contributed by atoms with E-state index in [1.165, 1.54) is 27.8 Å². The van der Waals surface area contributed by atoms with Crippen molar-refractivity contribution in [3.05, 3.63) is 70.8 Å². The molecule has 1 N–H and O–H groups in total. The van der Waals surface area contributed by atoms with Crippen LogP contribution in [0.1, 0.15) is 49.9 Å². The van der Waals surface area contributed by atoms with Crippen LogP contribution >= 0.6 is 0 Å². The fourth-order valence-electron chi connectivity index (χ4n) is 2.92. The molecule has 0 fully saturated rings. The summed E-state index contributed by atoms with van der Waals surface area (Å²) in [5.41, 5.74) is 6.90. The van der Waals surface area contributed by atoms with E-state index in [0.717, 1.165) is 13.0 Å². The maximum atomic E-state index is 3.76. The Bertz CT molecular complexity index is 515. The molecule has 0 saturated carbocycles. The van der Waals surface area contributed by atoms with Gasteiger partial charge in [-0.05, 0) is 56.0 Å². The van der Waals surface area contributed by atoms with E-state index in [2.05, 4.69) is 70.8 Å². The van der Waals surface area contributed by atoms with Crippen molar-refractivity contribution in [3.63, 3.8) is 0 Å². The zero-order chi connectivity index (χ0) is 15.8. The molecule has 0 spiro atoms. The zero-order valence-corrected chi connectivity index (χ0v) is 14.2. The van der Waals surface area contributed by atoms with Crippen LogP contribution in [0.3, 0.4) is 0 Å². The molecule has 0 aliphatic carbocycles. The van der Waals surface area contributed by atoms with Crippen molar-refractivity contribution in [3.8, 4) is 0 Å². The highest BCUT2D eigenvalue weighted by Crippen LogP contribution is 2.31. The van der Waals surface area contributed by atoms with Crippen molar-refractivity contribution in [1.29, 1.82) is 0 Å². The van der Waals surface area contributed by atoms with Crippen molar-refractivity contribution in [1.82, 2.24) is 5.32 Å². The molecule has 114 valence electrons. The third-order valence-corrected chi connectivity index (χ3v) is 3.96. The zero-order valence-electron chi connectivity index (χ0n) is 14.2. The Hall–Kier alpha value is -1.60. The molecule has 1 aromatic rings. The van der Waals surface area contributed by atoms with Crippen molar-refractivity contribution >= 4 is 0 Å². The Kier molecular flexibility index (Phi) is 7.18. The molecule has 0 aliphatic rings. The minimum absolute atomic E-state index is 0.288. The maximum absolute atomic E-state index is 3.76. The molecule has 0 aromatic heterocycles. The second-order valence-corrected chi connectivity index (χ2v) is 5.45. The van der Waals surface area contributed by atoms with Crippen molar-refractivity contribution in [2.24, 2.45) is 0 Å². The molecular weight excluding hydrogens is 254 g/mol. The quantitative estimate of drug-likeness (QED) is 0.659. The van der Waals surface area contributed by atoms with Crippen molar-refractivity contribution < 1.29 is 0 Å². The standard InChI is InChI=1S/C20H29N/c1-7-10-12-15(4)18(8-2)20(21-9-3)19-16(5)13-11-14-17(19)6/h7,10-14,20-21H,1,8-9H2,2-6H3/b12-10-,18-15+. The molecule has 1 nitrogen and oxygen atoms in total. The lowest BCUT2D eigenvalue weighted by atomic mass is 9.87. The average molecular weight is 283 g/mol. The second kappa shape index (κ2) is 8.63. The number of likely N-dealkylation sites (N-methyl/N-ethyl adjacent to an activating group) is 1. The summed E-state index contributed by atoms with van der Waals surface area (Å²) in [7, 11) is 0. The number of hydrogen-bond donors (Lipinski definition) is 1. The first-order valence-corrected chi connectivity index (χ1v) is 7.84. The van der Waals surface area contributed by atoms with Gasteiger partial charge in [0.1, 0.15) is 0 Å². The highest BCUT2D eigenvalue weighted by Gasteiger charge is 2.19. The normalized spacial score (nSPS) is 14.1. The van der Waals surface area contributed by atoms with E-state index in [0.29, 0.717) is 0 Å². The van der Waals surface area contributed by atoms with Gasteiger partial charge in [0.2, 0.25) is 0 Å². The summed E-state index contributed by atoms with van der Waals surface area (Å²) in [6.07, 6.45) is 7.04. The van der Waals surface area contributed by atoms with Crippen LogP contribution in [-0.2, 0) is 0 Å².